The Bertz CT molecular complexity index is 254. The fourth-order valence-corrected chi connectivity index (χ4v) is 1.43. The van der Waals surface area contributed by atoms with Gasteiger partial charge in [0.25, 0.3) is 0 Å². The van der Waals surface area contributed by atoms with E-state index in [2.05, 4.69) is 24.2 Å². The van der Waals surface area contributed by atoms with Crippen LogP contribution in [0.5, 0.6) is 0 Å². The van der Waals surface area contributed by atoms with E-state index in [4.69, 9.17) is 5.73 Å². The van der Waals surface area contributed by atoms with E-state index >= 15 is 0 Å². The molecule has 0 radical (unpaired) electrons. The Morgan fingerprint density at radius 3 is 2.62 bits per heavy atom. The number of rotatable bonds is 5. The molecule has 4 heteroatoms. The van der Waals surface area contributed by atoms with Crippen molar-refractivity contribution in [1.29, 1.82) is 0 Å². The van der Waals surface area contributed by atoms with Gasteiger partial charge in [-0.3, -0.25) is 0 Å². The van der Waals surface area contributed by atoms with Crippen LogP contribution in [0, 0.1) is 0 Å². The predicted molar refractivity (Wildman–Crippen MR) is 52.2 cm³/mol. The standard InChI is InChI=1S/C9H18N4/c1-3-5-9-8(7-10)11-12-13(9)6-4-2/h3-7,10H2,1-2H3. The van der Waals surface area contributed by atoms with Crippen molar-refractivity contribution in [1.82, 2.24) is 15.0 Å². The molecule has 0 fully saturated rings. The summed E-state index contributed by atoms with van der Waals surface area (Å²) in [6, 6.07) is 0. The fraction of sp³-hybridized carbons (Fsp3) is 0.778. The van der Waals surface area contributed by atoms with Crippen molar-refractivity contribution in [3.8, 4) is 0 Å². The Kier molecular flexibility index (Phi) is 3.89. The minimum Gasteiger partial charge on any atom is -0.325 e. The highest BCUT2D eigenvalue weighted by molar-refractivity contribution is 5.09. The molecular weight excluding hydrogens is 164 g/mol. The molecule has 0 spiro atoms. The van der Waals surface area contributed by atoms with Gasteiger partial charge < -0.3 is 5.73 Å². The summed E-state index contributed by atoms with van der Waals surface area (Å²) in [5.41, 5.74) is 7.74. The molecule has 0 atom stereocenters. The van der Waals surface area contributed by atoms with Crippen molar-refractivity contribution in [3.05, 3.63) is 11.4 Å². The molecular formula is C9H18N4. The van der Waals surface area contributed by atoms with E-state index in [9.17, 15) is 0 Å². The van der Waals surface area contributed by atoms with Gasteiger partial charge in [0.1, 0.15) is 0 Å². The van der Waals surface area contributed by atoms with Crippen LogP contribution in [0.15, 0.2) is 0 Å². The van der Waals surface area contributed by atoms with E-state index in [0.717, 1.165) is 31.5 Å². The van der Waals surface area contributed by atoms with Gasteiger partial charge in [-0.25, -0.2) is 4.68 Å². The summed E-state index contributed by atoms with van der Waals surface area (Å²) >= 11 is 0. The van der Waals surface area contributed by atoms with E-state index in [-0.39, 0.29) is 0 Å². The molecule has 0 unspecified atom stereocenters. The largest absolute Gasteiger partial charge is 0.325 e. The van der Waals surface area contributed by atoms with Gasteiger partial charge in [-0.1, -0.05) is 25.5 Å². The number of hydrogen-bond acceptors (Lipinski definition) is 3. The van der Waals surface area contributed by atoms with Crippen LogP contribution in [0.1, 0.15) is 38.1 Å². The summed E-state index contributed by atoms with van der Waals surface area (Å²) in [4.78, 5) is 0. The zero-order valence-electron chi connectivity index (χ0n) is 8.45. The molecule has 0 aliphatic carbocycles. The van der Waals surface area contributed by atoms with Gasteiger partial charge in [0.15, 0.2) is 0 Å². The van der Waals surface area contributed by atoms with Crippen LogP contribution < -0.4 is 5.73 Å². The second-order valence-corrected chi connectivity index (χ2v) is 3.16. The van der Waals surface area contributed by atoms with Gasteiger partial charge in [-0.2, -0.15) is 0 Å². The highest BCUT2D eigenvalue weighted by Gasteiger charge is 2.09. The first-order valence-corrected chi connectivity index (χ1v) is 4.94. The quantitative estimate of drug-likeness (QED) is 0.741. The van der Waals surface area contributed by atoms with Crippen LogP contribution in [-0.4, -0.2) is 15.0 Å². The Hall–Kier alpha value is -0.900. The maximum absolute atomic E-state index is 5.57. The molecule has 0 aliphatic rings. The van der Waals surface area contributed by atoms with Crippen molar-refractivity contribution in [3.63, 3.8) is 0 Å². The van der Waals surface area contributed by atoms with E-state index in [0.29, 0.717) is 6.54 Å². The molecule has 1 heterocycles. The molecule has 0 aromatic carbocycles. The average molecular weight is 182 g/mol. The molecule has 74 valence electrons. The van der Waals surface area contributed by atoms with Crippen LogP contribution >= 0.6 is 0 Å². The predicted octanol–water partition coefficient (Wildman–Crippen LogP) is 1.10. The number of nitrogens with zero attached hydrogens (tertiary/aromatic N) is 3. The van der Waals surface area contributed by atoms with E-state index in [1.165, 1.54) is 5.69 Å². The smallest absolute Gasteiger partial charge is 0.0994 e. The molecule has 0 saturated carbocycles. The summed E-state index contributed by atoms with van der Waals surface area (Å²) in [6.07, 6.45) is 3.23. The van der Waals surface area contributed by atoms with Crippen molar-refractivity contribution >= 4 is 0 Å². The highest BCUT2D eigenvalue weighted by atomic mass is 15.4. The third kappa shape index (κ3) is 2.28. The topological polar surface area (TPSA) is 56.7 Å². The maximum atomic E-state index is 5.57. The van der Waals surface area contributed by atoms with Crippen molar-refractivity contribution < 1.29 is 0 Å². The second kappa shape index (κ2) is 4.97. The molecule has 2 N–H and O–H groups in total. The first-order chi connectivity index (χ1) is 6.33. The number of aromatic nitrogens is 3. The number of hydrogen-bond donors (Lipinski definition) is 1. The summed E-state index contributed by atoms with van der Waals surface area (Å²) in [7, 11) is 0. The first kappa shape index (κ1) is 10.2. The van der Waals surface area contributed by atoms with Gasteiger partial charge >= 0.3 is 0 Å². The summed E-state index contributed by atoms with van der Waals surface area (Å²) < 4.78 is 1.98. The minimum atomic E-state index is 0.499. The van der Waals surface area contributed by atoms with E-state index < -0.39 is 0 Å². The van der Waals surface area contributed by atoms with Gasteiger partial charge in [0.05, 0.1) is 11.4 Å². The van der Waals surface area contributed by atoms with E-state index in [1.807, 2.05) is 4.68 Å². The lowest BCUT2D eigenvalue weighted by Crippen LogP contribution is -2.07. The molecule has 0 bridgehead atoms. The maximum Gasteiger partial charge on any atom is 0.0994 e. The van der Waals surface area contributed by atoms with Crippen molar-refractivity contribution in [2.45, 2.75) is 46.2 Å². The van der Waals surface area contributed by atoms with Crippen LogP contribution in [0.3, 0.4) is 0 Å². The molecule has 1 rings (SSSR count). The summed E-state index contributed by atoms with van der Waals surface area (Å²) in [5.74, 6) is 0. The number of aryl methyl sites for hydroxylation is 1. The molecule has 1 aromatic heterocycles. The molecule has 0 amide bonds. The monoisotopic (exact) mass is 182 g/mol. The van der Waals surface area contributed by atoms with Gasteiger partial charge in [0.2, 0.25) is 0 Å². The molecule has 0 saturated heterocycles. The average Bonchev–Trinajstić information content (AvgIpc) is 2.50. The van der Waals surface area contributed by atoms with Crippen LogP contribution in [-0.2, 0) is 19.5 Å². The molecule has 13 heavy (non-hydrogen) atoms. The lowest BCUT2D eigenvalue weighted by atomic mass is 10.2. The van der Waals surface area contributed by atoms with Crippen molar-refractivity contribution in [2.75, 3.05) is 0 Å². The fourth-order valence-electron chi connectivity index (χ4n) is 1.43. The summed E-state index contributed by atoms with van der Waals surface area (Å²) in [5, 5.41) is 8.14. The number of nitrogens with two attached hydrogens (primary N) is 1. The Morgan fingerprint density at radius 2 is 2.08 bits per heavy atom. The Balaban J connectivity index is 2.85. The lowest BCUT2D eigenvalue weighted by Gasteiger charge is -2.04. The van der Waals surface area contributed by atoms with Gasteiger partial charge in [-0.15, -0.1) is 5.10 Å². The minimum absolute atomic E-state index is 0.499. The highest BCUT2D eigenvalue weighted by Crippen LogP contribution is 2.08. The zero-order valence-corrected chi connectivity index (χ0v) is 8.45. The Labute approximate surface area is 79.1 Å². The Morgan fingerprint density at radius 1 is 1.31 bits per heavy atom. The third-order valence-electron chi connectivity index (χ3n) is 2.03. The van der Waals surface area contributed by atoms with Crippen LogP contribution in [0.2, 0.25) is 0 Å². The van der Waals surface area contributed by atoms with E-state index in [1.54, 1.807) is 0 Å². The molecule has 4 nitrogen and oxygen atoms in total. The van der Waals surface area contributed by atoms with Gasteiger partial charge in [-0.05, 0) is 12.8 Å². The lowest BCUT2D eigenvalue weighted by molar-refractivity contribution is 0.552. The van der Waals surface area contributed by atoms with Crippen molar-refractivity contribution in [2.24, 2.45) is 5.73 Å². The first-order valence-electron chi connectivity index (χ1n) is 4.94. The van der Waals surface area contributed by atoms with Crippen LogP contribution in [0.25, 0.3) is 0 Å². The second-order valence-electron chi connectivity index (χ2n) is 3.16. The molecule has 1 aromatic rings. The third-order valence-corrected chi connectivity index (χ3v) is 2.03. The van der Waals surface area contributed by atoms with Crippen LogP contribution in [0.4, 0.5) is 0 Å². The zero-order chi connectivity index (χ0) is 9.68. The van der Waals surface area contributed by atoms with Gasteiger partial charge in [0, 0.05) is 13.1 Å². The SMILES string of the molecule is CCCc1c(CN)nnn1CCC. The molecule has 0 aliphatic heterocycles. The normalized spacial score (nSPS) is 10.7. The summed E-state index contributed by atoms with van der Waals surface area (Å²) in [6.45, 7) is 5.74.